The fourth-order valence-corrected chi connectivity index (χ4v) is 4.01. The highest BCUT2D eigenvalue weighted by molar-refractivity contribution is 5.83. The summed E-state index contributed by atoms with van der Waals surface area (Å²) in [7, 11) is 0. The highest BCUT2D eigenvalue weighted by Gasteiger charge is 2.22. The van der Waals surface area contributed by atoms with Gasteiger partial charge in [-0.05, 0) is 37.1 Å². The van der Waals surface area contributed by atoms with Crippen molar-refractivity contribution in [3.63, 3.8) is 0 Å². The van der Waals surface area contributed by atoms with Crippen LogP contribution in [0, 0.1) is 12.7 Å². The van der Waals surface area contributed by atoms with Crippen LogP contribution in [-0.2, 0) is 19.5 Å². The van der Waals surface area contributed by atoms with E-state index >= 15 is 0 Å². The summed E-state index contributed by atoms with van der Waals surface area (Å²) in [4.78, 5) is 25.7. The SMILES string of the molecule is Cc1ccc(-c2nc3c(c(=O)[nH]2)CCN(Cc2c[nH]c4cc(F)ccc24)C3)cc1. The molecular formula is C23H21FN4O. The van der Waals surface area contributed by atoms with Gasteiger partial charge in [-0.2, -0.15) is 0 Å². The zero-order chi connectivity index (χ0) is 20.0. The molecule has 0 amide bonds. The van der Waals surface area contributed by atoms with Crippen molar-refractivity contribution in [1.29, 1.82) is 0 Å². The molecule has 146 valence electrons. The molecule has 4 aromatic rings. The lowest BCUT2D eigenvalue weighted by molar-refractivity contribution is 0.241. The second-order valence-corrected chi connectivity index (χ2v) is 7.67. The van der Waals surface area contributed by atoms with Crippen LogP contribution in [0.2, 0.25) is 0 Å². The van der Waals surface area contributed by atoms with E-state index in [-0.39, 0.29) is 11.4 Å². The summed E-state index contributed by atoms with van der Waals surface area (Å²) in [6, 6.07) is 12.8. The molecule has 0 unspecified atom stereocenters. The number of halogens is 1. The lowest BCUT2D eigenvalue weighted by atomic mass is 10.0. The van der Waals surface area contributed by atoms with Crippen LogP contribution in [-0.4, -0.2) is 26.4 Å². The highest BCUT2D eigenvalue weighted by atomic mass is 19.1. The molecule has 6 heteroatoms. The Labute approximate surface area is 167 Å². The molecule has 29 heavy (non-hydrogen) atoms. The third kappa shape index (κ3) is 3.36. The Kier molecular flexibility index (Phi) is 4.28. The third-order valence-electron chi connectivity index (χ3n) is 5.60. The number of nitrogens with zero attached hydrogens (tertiary/aromatic N) is 2. The normalized spacial score (nSPS) is 14.3. The highest BCUT2D eigenvalue weighted by Crippen LogP contribution is 2.24. The van der Waals surface area contributed by atoms with Crippen molar-refractivity contribution in [3.8, 4) is 11.4 Å². The van der Waals surface area contributed by atoms with Gasteiger partial charge in [0.25, 0.3) is 5.56 Å². The molecule has 0 bridgehead atoms. The Balaban J connectivity index is 1.43. The molecule has 0 fully saturated rings. The summed E-state index contributed by atoms with van der Waals surface area (Å²) in [6.45, 7) is 4.16. The summed E-state index contributed by atoms with van der Waals surface area (Å²) >= 11 is 0. The first-order valence-corrected chi connectivity index (χ1v) is 9.74. The van der Waals surface area contributed by atoms with E-state index in [4.69, 9.17) is 4.98 Å². The van der Waals surface area contributed by atoms with E-state index in [1.807, 2.05) is 43.5 Å². The lowest BCUT2D eigenvalue weighted by Gasteiger charge is -2.27. The fourth-order valence-electron chi connectivity index (χ4n) is 4.01. The number of benzene rings is 2. The van der Waals surface area contributed by atoms with Crippen LogP contribution in [0.4, 0.5) is 4.39 Å². The Bertz CT molecular complexity index is 1260. The fraction of sp³-hybridized carbons (Fsp3) is 0.217. The van der Waals surface area contributed by atoms with Crippen LogP contribution < -0.4 is 5.56 Å². The second-order valence-electron chi connectivity index (χ2n) is 7.67. The van der Waals surface area contributed by atoms with Crippen LogP contribution in [0.5, 0.6) is 0 Å². The smallest absolute Gasteiger partial charge is 0.254 e. The molecule has 3 heterocycles. The number of nitrogens with one attached hydrogen (secondary N) is 2. The summed E-state index contributed by atoms with van der Waals surface area (Å²) < 4.78 is 13.4. The molecule has 2 aromatic carbocycles. The van der Waals surface area contributed by atoms with E-state index in [9.17, 15) is 9.18 Å². The molecule has 0 spiro atoms. The van der Waals surface area contributed by atoms with Gasteiger partial charge in [-0.25, -0.2) is 9.37 Å². The van der Waals surface area contributed by atoms with Gasteiger partial charge < -0.3 is 9.97 Å². The number of aromatic amines is 2. The first kappa shape index (κ1) is 17.8. The number of fused-ring (bicyclic) bond motifs is 2. The lowest BCUT2D eigenvalue weighted by Crippen LogP contribution is -2.35. The zero-order valence-corrected chi connectivity index (χ0v) is 16.1. The van der Waals surface area contributed by atoms with Gasteiger partial charge in [0.2, 0.25) is 0 Å². The van der Waals surface area contributed by atoms with Gasteiger partial charge in [-0.15, -0.1) is 0 Å². The maximum atomic E-state index is 13.4. The number of aryl methyl sites for hydroxylation is 1. The molecule has 0 saturated heterocycles. The molecule has 2 aromatic heterocycles. The van der Waals surface area contributed by atoms with Crippen molar-refractivity contribution < 1.29 is 4.39 Å². The van der Waals surface area contributed by atoms with E-state index < -0.39 is 0 Å². The minimum atomic E-state index is -0.245. The molecule has 0 saturated carbocycles. The number of H-pyrrole nitrogens is 2. The summed E-state index contributed by atoms with van der Waals surface area (Å²) in [5.41, 5.74) is 5.55. The van der Waals surface area contributed by atoms with Crippen molar-refractivity contribution in [2.24, 2.45) is 0 Å². The molecule has 2 N–H and O–H groups in total. The Morgan fingerprint density at radius 2 is 2.00 bits per heavy atom. The summed E-state index contributed by atoms with van der Waals surface area (Å²) in [5, 5.41) is 1.02. The minimum Gasteiger partial charge on any atom is -0.361 e. The number of hydrogen-bond acceptors (Lipinski definition) is 3. The Morgan fingerprint density at radius 1 is 1.17 bits per heavy atom. The number of hydrogen-bond donors (Lipinski definition) is 2. The van der Waals surface area contributed by atoms with Crippen LogP contribution in [0.3, 0.4) is 0 Å². The topological polar surface area (TPSA) is 64.8 Å². The first-order chi connectivity index (χ1) is 14.1. The Hall–Kier alpha value is -3.25. The van der Waals surface area contributed by atoms with Crippen LogP contribution >= 0.6 is 0 Å². The molecule has 1 aliphatic heterocycles. The van der Waals surface area contributed by atoms with Crippen molar-refractivity contribution in [1.82, 2.24) is 19.9 Å². The van der Waals surface area contributed by atoms with Crippen LogP contribution in [0.25, 0.3) is 22.3 Å². The molecule has 5 rings (SSSR count). The predicted octanol–water partition coefficient (Wildman–Crippen LogP) is 3.92. The molecule has 0 atom stereocenters. The maximum Gasteiger partial charge on any atom is 0.254 e. The van der Waals surface area contributed by atoms with Gasteiger partial charge in [0, 0.05) is 47.9 Å². The van der Waals surface area contributed by atoms with Gasteiger partial charge >= 0.3 is 0 Å². The molecule has 5 nitrogen and oxygen atoms in total. The van der Waals surface area contributed by atoms with Gasteiger partial charge in [-0.3, -0.25) is 9.69 Å². The Morgan fingerprint density at radius 3 is 2.83 bits per heavy atom. The standard InChI is InChI=1S/C23H21FN4O/c1-14-2-4-15(5-3-14)22-26-21-13-28(9-8-19(21)23(29)27-22)12-16-11-25-20-10-17(24)6-7-18(16)20/h2-7,10-11,25H,8-9,12-13H2,1H3,(H,26,27,29). The van der Waals surface area contributed by atoms with Gasteiger partial charge in [-0.1, -0.05) is 29.8 Å². The summed E-state index contributed by atoms with van der Waals surface area (Å²) in [6.07, 6.45) is 2.60. The van der Waals surface area contributed by atoms with Crippen molar-refractivity contribution in [3.05, 3.63) is 87.2 Å². The zero-order valence-electron chi connectivity index (χ0n) is 16.1. The van der Waals surface area contributed by atoms with E-state index in [1.165, 1.54) is 17.7 Å². The van der Waals surface area contributed by atoms with E-state index in [0.29, 0.717) is 18.8 Å². The molecule has 0 aliphatic carbocycles. The van der Waals surface area contributed by atoms with E-state index in [0.717, 1.165) is 46.4 Å². The molecule has 1 aliphatic rings. The molecule has 0 radical (unpaired) electrons. The quantitative estimate of drug-likeness (QED) is 0.559. The monoisotopic (exact) mass is 388 g/mol. The van der Waals surface area contributed by atoms with Gasteiger partial charge in [0.15, 0.2) is 0 Å². The van der Waals surface area contributed by atoms with Gasteiger partial charge in [0.1, 0.15) is 11.6 Å². The second kappa shape index (κ2) is 6.97. The third-order valence-corrected chi connectivity index (χ3v) is 5.60. The van der Waals surface area contributed by atoms with E-state index in [1.54, 1.807) is 0 Å². The first-order valence-electron chi connectivity index (χ1n) is 9.74. The number of rotatable bonds is 3. The van der Waals surface area contributed by atoms with Crippen molar-refractivity contribution in [2.45, 2.75) is 26.4 Å². The largest absolute Gasteiger partial charge is 0.361 e. The van der Waals surface area contributed by atoms with Gasteiger partial charge in [0.05, 0.1) is 5.69 Å². The van der Waals surface area contributed by atoms with Crippen LogP contribution in [0.1, 0.15) is 22.4 Å². The summed E-state index contributed by atoms with van der Waals surface area (Å²) in [5.74, 6) is 0.364. The van der Waals surface area contributed by atoms with E-state index in [2.05, 4.69) is 14.9 Å². The van der Waals surface area contributed by atoms with Crippen LogP contribution in [0.15, 0.2) is 53.5 Å². The average Bonchev–Trinajstić information content (AvgIpc) is 3.10. The predicted molar refractivity (Wildman–Crippen MR) is 111 cm³/mol. The van der Waals surface area contributed by atoms with Crippen molar-refractivity contribution in [2.75, 3.05) is 6.54 Å². The average molecular weight is 388 g/mol. The molecular weight excluding hydrogens is 367 g/mol. The minimum absolute atomic E-state index is 0.0483. The number of aromatic nitrogens is 3. The maximum absolute atomic E-state index is 13.4. The van der Waals surface area contributed by atoms with Crippen molar-refractivity contribution >= 4 is 10.9 Å².